The molecule has 0 spiro atoms. The van der Waals surface area contributed by atoms with Crippen LogP contribution < -0.4 is 10.2 Å². The minimum atomic E-state index is -1.52. The first-order chi connectivity index (χ1) is 10.2. The second-order valence-corrected chi connectivity index (χ2v) is 4.88. The molecule has 3 aromatic rings. The van der Waals surface area contributed by atoms with Gasteiger partial charge in [0.25, 0.3) is 0 Å². The fourth-order valence-electron chi connectivity index (χ4n) is 2.35. The van der Waals surface area contributed by atoms with Crippen molar-refractivity contribution in [3.8, 4) is 5.75 Å². The summed E-state index contributed by atoms with van der Waals surface area (Å²) in [7, 11) is -1.52. The Morgan fingerprint density at radius 2 is 1.57 bits per heavy atom. The lowest BCUT2D eigenvalue weighted by atomic mass is 9.77. The van der Waals surface area contributed by atoms with E-state index in [2.05, 4.69) is 0 Å². The lowest BCUT2D eigenvalue weighted by Gasteiger charge is -2.11. The van der Waals surface area contributed by atoms with Crippen LogP contribution >= 0.6 is 0 Å². The molecule has 0 aliphatic rings. The topological polar surface area (TPSA) is 49.7 Å². The maximum Gasteiger partial charge on any atom is 0.489 e. The van der Waals surface area contributed by atoms with E-state index in [9.17, 15) is 10.0 Å². The molecule has 0 aliphatic heterocycles. The fourth-order valence-corrected chi connectivity index (χ4v) is 2.35. The summed E-state index contributed by atoms with van der Waals surface area (Å²) in [5, 5.41) is 20.8. The zero-order valence-corrected chi connectivity index (χ0v) is 11.4. The van der Waals surface area contributed by atoms with E-state index in [4.69, 9.17) is 4.74 Å². The lowest BCUT2D eigenvalue weighted by molar-refractivity contribution is 0.306. The first kappa shape index (κ1) is 13.7. The van der Waals surface area contributed by atoms with E-state index in [0.717, 1.165) is 16.3 Å². The van der Waals surface area contributed by atoms with E-state index < -0.39 is 7.12 Å². The van der Waals surface area contributed by atoms with Crippen molar-refractivity contribution < 1.29 is 14.8 Å². The molecule has 0 heterocycles. The Morgan fingerprint density at radius 1 is 0.857 bits per heavy atom. The molecular weight excluding hydrogens is 263 g/mol. The van der Waals surface area contributed by atoms with Crippen LogP contribution in [0.1, 0.15) is 5.56 Å². The Labute approximate surface area is 123 Å². The maximum absolute atomic E-state index is 9.53. The van der Waals surface area contributed by atoms with Crippen LogP contribution in [-0.4, -0.2) is 17.2 Å². The lowest BCUT2D eigenvalue weighted by Crippen LogP contribution is -2.30. The Bertz CT molecular complexity index is 741. The van der Waals surface area contributed by atoms with E-state index in [1.54, 1.807) is 6.07 Å². The highest BCUT2D eigenvalue weighted by molar-refractivity contribution is 6.62. The highest BCUT2D eigenvalue weighted by atomic mass is 16.5. The molecule has 21 heavy (non-hydrogen) atoms. The Kier molecular flexibility index (Phi) is 3.91. The summed E-state index contributed by atoms with van der Waals surface area (Å²) < 4.78 is 5.77. The van der Waals surface area contributed by atoms with Crippen LogP contribution in [0.4, 0.5) is 0 Å². The van der Waals surface area contributed by atoms with Crippen molar-refractivity contribution in [2.75, 3.05) is 0 Å². The molecule has 0 unspecified atom stereocenters. The highest BCUT2D eigenvalue weighted by Gasteiger charge is 2.16. The first-order valence-corrected chi connectivity index (χ1v) is 6.79. The third-order valence-corrected chi connectivity index (χ3v) is 3.39. The summed E-state index contributed by atoms with van der Waals surface area (Å²) in [5.74, 6) is 0.626. The van der Waals surface area contributed by atoms with Gasteiger partial charge in [-0.25, -0.2) is 0 Å². The molecule has 3 rings (SSSR count). The zero-order valence-electron chi connectivity index (χ0n) is 11.4. The average molecular weight is 278 g/mol. The molecular formula is C17H15BO3. The Balaban J connectivity index is 1.92. The summed E-state index contributed by atoms with van der Waals surface area (Å²) in [6.45, 7) is 0.445. The van der Waals surface area contributed by atoms with Gasteiger partial charge in [0, 0.05) is 0 Å². The van der Waals surface area contributed by atoms with Crippen LogP contribution in [0.15, 0.2) is 66.7 Å². The minimum Gasteiger partial charge on any atom is -0.489 e. The molecule has 104 valence electrons. The molecule has 0 radical (unpaired) electrons. The van der Waals surface area contributed by atoms with Gasteiger partial charge in [0.15, 0.2) is 0 Å². The third-order valence-electron chi connectivity index (χ3n) is 3.39. The van der Waals surface area contributed by atoms with Gasteiger partial charge in [-0.3, -0.25) is 0 Å². The second-order valence-electron chi connectivity index (χ2n) is 4.88. The van der Waals surface area contributed by atoms with Gasteiger partial charge in [-0.1, -0.05) is 54.6 Å². The van der Waals surface area contributed by atoms with Gasteiger partial charge in [-0.05, 0) is 33.9 Å². The molecule has 0 atom stereocenters. The van der Waals surface area contributed by atoms with E-state index in [1.165, 1.54) is 0 Å². The van der Waals surface area contributed by atoms with Crippen molar-refractivity contribution in [3.05, 3.63) is 72.3 Å². The van der Waals surface area contributed by atoms with Gasteiger partial charge in [0.2, 0.25) is 0 Å². The smallest absolute Gasteiger partial charge is 0.489 e. The summed E-state index contributed by atoms with van der Waals surface area (Å²) in [5.41, 5.74) is 1.52. The number of hydrogen-bond acceptors (Lipinski definition) is 3. The van der Waals surface area contributed by atoms with Crippen LogP contribution in [-0.2, 0) is 6.61 Å². The first-order valence-electron chi connectivity index (χ1n) is 6.79. The van der Waals surface area contributed by atoms with Crippen molar-refractivity contribution in [1.82, 2.24) is 0 Å². The van der Waals surface area contributed by atoms with Gasteiger partial charge in [0.05, 0.1) is 0 Å². The second kappa shape index (κ2) is 6.00. The summed E-state index contributed by atoms with van der Waals surface area (Å²) >= 11 is 0. The molecule has 2 N–H and O–H groups in total. The molecule has 0 amide bonds. The van der Waals surface area contributed by atoms with Gasteiger partial charge < -0.3 is 14.8 Å². The molecule has 0 saturated heterocycles. The SMILES string of the molecule is OB(O)c1cc(OCc2ccccc2)cc2ccccc12. The van der Waals surface area contributed by atoms with Crippen LogP contribution in [0, 0.1) is 0 Å². The summed E-state index contributed by atoms with van der Waals surface area (Å²) in [6.07, 6.45) is 0. The largest absolute Gasteiger partial charge is 0.489 e. The standard InChI is InChI=1S/C17H15BO3/c19-18(20)17-11-15(10-14-8-4-5-9-16(14)17)21-12-13-6-2-1-3-7-13/h1-11,19-20H,12H2. The van der Waals surface area contributed by atoms with Crippen molar-refractivity contribution in [2.24, 2.45) is 0 Å². The van der Waals surface area contributed by atoms with Crippen molar-refractivity contribution in [3.63, 3.8) is 0 Å². The van der Waals surface area contributed by atoms with Gasteiger partial charge in [0.1, 0.15) is 12.4 Å². The number of benzene rings is 3. The molecule has 4 heteroatoms. The van der Waals surface area contributed by atoms with Crippen molar-refractivity contribution >= 4 is 23.4 Å². The van der Waals surface area contributed by atoms with Crippen LogP contribution in [0.2, 0.25) is 0 Å². The minimum absolute atomic E-state index is 0.445. The fraction of sp³-hybridized carbons (Fsp3) is 0.0588. The predicted octanol–water partition coefficient (Wildman–Crippen LogP) is 2.10. The van der Waals surface area contributed by atoms with Crippen LogP contribution in [0.5, 0.6) is 5.75 Å². The molecule has 0 fully saturated rings. The maximum atomic E-state index is 9.53. The predicted molar refractivity (Wildman–Crippen MR) is 84.5 cm³/mol. The number of hydrogen-bond donors (Lipinski definition) is 2. The van der Waals surface area contributed by atoms with E-state index in [-0.39, 0.29) is 0 Å². The molecule has 0 bridgehead atoms. The van der Waals surface area contributed by atoms with Crippen LogP contribution in [0.3, 0.4) is 0 Å². The van der Waals surface area contributed by atoms with Gasteiger partial charge >= 0.3 is 7.12 Å². The Hall–Kier alpha value is -2.30. The van der Waals surface area contributed by atoms with E-state index >= 15 is 0 Å². The normalized spacial score (nSPS) is 10.6. The zero-order chi connectivity index (χ0) is 14.7. The van der Waals surface area contributed by atoms with Crippen molar-refractivity contribution in [2.45, 2.75) is 6.61 Å². The van der Waals surface area contributed by atoms with E-state index in [1.807, 2.05) is 60.7 Å². The third kappa shape index (κ3) is 3.07. The highest BCUT2D eigenvalue weighted by Crippen LogP contribution is 2.20. The number of fused-ring (bicyclic) bond motifs is 1. The molecule has 0 aliphatic carbocycles. The molecule has 3 nitrogen and oxygen atoms in total. The Morgan fingerprint density at radius 3 is 2.33 bits per heavy atom. The molecule has 0 saturated carbocycles. The van der Waals surface area contributed by atoms with Crippen molar-refractivity contribution in [1.29, 1.82) is 0 Å². The van der Waals surface area contributed by atoms with Gasteiger partial charge in [-0.15, -0.1) is 0 Å². The average Bonchev–Trinajstić information content (AvgIpc) is 2.53. The number of ether oxygens (including phenoxy) is 1. The number of rotatable bonds is 4. The molecule has 0 aromatic heterocycles. The summed E-state index contributed by atoms with van der Waals surface area (Å²) in [6, 6.07) is 21.0. The van der Waals surface area contributed by atoms with Crippen LogP contribution in [0.25, 0.3) is 10.8 Å². The van der Waals surface area contributed by atoms with E-state index in [0.29, 0.717) is 17.8 Å². The summed E-state index contributed by atoms with van der Waals surface area (Å²) in [4.78, 5) is 0. The van der Waals surface area contributed by atoms with Gasteiger partial charge in [-0.2, -0.15) is 0 Å². The monoisotopic (exact) mass is 278 g/mol. The molecule has 3 aromatic carbocycles. The quantitative estimate of drug-likeness (QED) is 0.718.